The van der Waals surface area contributed by atoms with E-state index in [0.29, 0.717) is 10.9 Å². The quantitative estimate of drug-likeness (QED) is 0.491. The lowest BCUT2D eigenvalue weighted by Gasteiger charge is -2.01. The third-order valence-corrected chi connectivity index (χ3v) is 4.37. The molecule has 0 aliphatic carbocycles. The van der Waals surface area contributed by atoms with Gasteiger partial charge in [0.2, 0.25) is 0 Å². The van der Waals surface area contributed by atoms with Crippen LogP contribution in [0.3, 0.4) is 0 Å². The predicted octanol–water partition coefficient (Wildman–Crippen LogP) is 5.45. The zero-order valence-electron chi connectivity index (χ0n) is 13.9. The Morgan fingerprint density at radius 1 is 0.840 bits per heavy atom. The van der Waals surface area contributed by atoms with Crippen LogP contribution in [0.2, 0.25) is 0 Å². The van der Waals surface area contributed by atoms with Gasteiger partial charge in [-0.1, -0.05) is 60.7 Å². The number of allylic oxidation sites excluding steroid dienone is 1. The van der Waals surface area contributed by atoms with Crippen LogP contribution >= 0.6 is 0 Å². The van der Waals surface area contributed by atoms with Gasteiger partial charge in [-0.3, -0.25) is 9.78 Å². The fraction of sp³-hybridized carbons (Fsp3) is 0.0435. The molecule has 0 amide bonds. The van der Waals surface area contributed by atoms with Crippen molar-refractivity contribution < 1.29 is 0 Å². The molecule has 0 aliphatic rings. The van der Waals surface area contributed by atoms with E-state index in [9.17, 15) is 4.79 Å². The standard InChI is InChI=1S/C23H17NO/c1-2-6-16-9-10-18-11-12-22-21(23(25)20(18)13-16)14-19(15-24-22)17-7-4-3-5-8-17/h2-15H,1H3/b6-2+. The van der Waals surface area contributed by atoms with E-state index < -0.39 is 0 Å². The fourth-order valence-corrected chi connectivity index (χ4v) is 3.10. The first-order chi connectivity index (χ1) is 12.3. The highest BCUT2D eigenvalue weighted by Crippen LogP contribution is 2.22. The third kappa shape index (κ3) is 2.83. The number of nitrogens with zero attached hydrogens (tertiary/aromatic N) is 1. The number of fused-ring (bicyclic) bond motifs is 2. The lowest BCUT2D eigenvalue weighted by Crippen LogP contribution is -1.99. The highest BCUT2D eigenvalue weighted by Gasteiger charge is 2.06. The summed E-state index contributed by atoms with van der Waals surface area (Å²) in [5.41, 5.74) is 3.77. The Morgan fingerprint density at radius 3 is 2.44 bits per heavy atom. The molecule has 1 heterocycles. The second-order valence-electron chi connectivity index (χ2n) is 6.03. The summed E-state index contributed by atoms with van der Waals surface area (Å²) in [4.78, 5) is 17.7. The van der Waals surface area contributed by atoms with Crippen molar-refractivity contribution in [2.45, 2.75) is 6.92 Å². The largest absolute Gasteiger partial charge is 0.289 e. The molecule has 0 atom stereocenters. The molecule has 0 spiro atoms. The summed E-state index contributed by atoms with van der Waals surface area (Å²) in [5, 5.41) is 2.30. The fourth-order valence-electron chi connectivity index (χ4n) is 3.10. The number of benzene rings is 2. The molecule has 1 aromatic heterocycles. The summed E-state index contributed by atoms with van der Waals surface area (Å²) < 4.78 is 0. The molecule has 120 valence electrons. The Hall–Kier alpha value is -3.26. The Morgan fingerprint density at radius 2 is 1.64 bits per heavy atom. The van der Waals surface area contributed by atoms with E-state index >= 15 is 0 Å². The second kappa shape index (κ2) is 6.33. The van der Waals surface area contributed by atoms with Crippen LogP contribution in [0, 0.1) is 0 Å². The van der Waals surface area contributed by atoms with Gasteiger partial charge in [-0.05, 0) is 41.6 Å². The van der Waals surface area contributed by atoms with Gasteiger partial charge >= 0.3 is 0 Å². The molecule has 25 heavy (non-hydrogen) atoms. The Kier molecular flexibility index (Phi) is 3.87. The third-order valence-electron chi connectivity index (χ3n) is 4.37. The monoisotopic (exact) mass is 323 g/mol. The number of rotatable bonds is 2. The van der Waals surface area contributed by atoms with Crippen molar-refractivity contribution >= 4 is 27.8 Å². The average molecular weight is 323 g/mol. The molecular weight excluding hydrogens is 306 g/mol. The molecule has 0 saturated heterocycles. The average Bonchev–Trinajstić information content (AvgIpc) is 2.80. The van der Waals surface area contributed by atoms with Gasteiger partial charge < -0.3 is 0 Å². The van der Waals surface area contributed by atoms with Crippen molar-refractivity contribution in [3.8, 4) is 11.1 Å². The molecule has 0 unspecified atom stereocenters. The van der Waals surface area contributed by atoms with E-state index in [4.69, 9.17) is 0 Å². The van der Waals surface area contributed by atoms with Gasteiger partial charge in [-0.25, -0.2) is 0 Å². The summed E-state index contributed by atoms with van der Waals surface area (Å²) in [6.45, 7) is 1.97. The summed E-state index contributed by atoms with van der Waals surface area (Å²) >= 11 is 0. The molecule has 2 heteroatoms. The van der Waals surface area contributed by atoms with E-state index in [-0.39, 0.29) is 5.43 Å². The lowest BCUT2D eigenvalue weighted by atomic mass is 10.1. The molecule has 0 aliphatic heterocycles. The summed E-state index contributed by atoms with van der Waals surface area (Å²) in [7, 11) is 0. The Bertz CT molecular complexity index is 1160. The van der Waals surface area contributed by atoms with Crippen molar-refractivity contribution in [2.75, 3.05) is 0 Å². The molecule has 0 radical (unpaired) electrons. The summed E-state index contributed by atoms with van der Waals surface area (Å²) in [6.07, 6.45) is 5.80. The van der Waals surface area contributed by atoms with Crippen molar-refractivity contribution in [1.29, 1.82) is 0 Å². The van der Waals surface area contributed by atoms with Crippen molar-refractivity contribution in [3.05, 3.63) is 94.8 Å². The van der Waals surface area contributed by atoms with E-state index in [1.807, 2.05) is 92.0 Å². The second-order valence-corrected chi connectivity index (χ2v) is 6.03. The van der Waals surface area contributed by atoms with Crippen LogP contribution in [0.25, 0.3) is 38.9 Å². The minimum absolute atomic E-state index is 0.0200. The van der Waals surface area contributed by atoms with E-state index in [0.717, 1.165) is 27.5 Å². The highest BCUT2D eigenvalue weighted by atomic mass is 16.1. The molecule has 3 aromatic carbocycles. The van der Waals surface area contributed by atoms with Crippen LogP contribution in [0.15, 0.2) is 83.8 Å². The first-order valence-corrected chi connectivity index (χ1v) is 8.31. The van der Waals surface area contributed by atoms with Crippen LogP contribution in [-0.4, -0.2) is 4.98 Å². The maximum Gasteiger partial charge on any atom is 0.195 e. The van der Waals surface area contributed by atoms with Crippen molar-refractivity contribution in [3.63, 3.8) is 0 Å². The smallest absolute Gasteiger partial charge is 0.195 e. The molecular formula is C23H17NO. The molecule has 0 saturated carbocycles. The SMILES string of the molecule is C/C=C/c1ccc2ccc3ncc(-c4ccccc4)cc3c(=O)c2c1. The van der Waals surface area contributed by atoms with Crippen molar-refractivity contribution in [1.82, 2.24) is 4.98 Å². The van der Waals surface area contributed by atoms with Gasteiger partial charge in [-0.2, -0.15) is 0 Å². The van der Waals surface area contributed by atoms with Gasteiger partial charge in [0, 0.05) is 22.5 Å². The number of pyridine rings is 1. The molecule has 0 N–H and O–H groups in total. The van der Waals surface area contributed by atoms with E-state index in [1.54, 1.807) is 0 Å². The van der Waals surface area contributed by atoms with Gasteiger partial charge in [0.25, 0.3) is 0 Å². The minimum atomic E-state index is 0.0200. The number of hydrogen-bond donors (Lipinski definition) is 0. The maximum atomic E-state index is 13.2. The molecule has 4 rings (SSSR count). The van der Waals surface area contributed by atoms with Crippen molar-refractivity contribution in [2.24, 2.45) is 0 Å². The topological polar surface area (TPSA) is 30.0 Å². The molecule has 0 fully saturated rings. The van der Waals surface area contributed by atoms with Gasteiger partial charge in [0.1, 0.15) is 0 Å². The Labute approximate surface area is 146 Å². The van der Waals surface area contributed by atoms with Gasteiger partial charge in [0.05, 0.1) is 5.52 Å². The van der Waals surface area contributed by atoms with Crippen LogP contribution in [-0.2, 0) is 0 Å². The first kappa shape index (κ1) is 15.3. The zero-order valence-corrected chi connectivity index (χ0v) is 13.9. The highest BCUT2D eigenvalue weighted by molar-refractivity contribution is 5.94. The van der Waals surface area contributed by atoms with Crippen LogP contribution in [0.5, 0.6) is 0 Å². The van der Waals surface area contributed by atoms with Crippen LogP contribution < -0.4 is 5.43 Å². The van der Waals surface area contributed by atoms with Gasteiger partial charge in [-0.15, -0.1) is 0 Å². The number of hydrogen-bond acceptors (Lipinski definition) is 2. The summed E-state index contributed by atoms with van der Waals surface area (Å²) in [5.74, 6) is 0. The minimum Gasteiger partial charge on any atom is -0.289 e. The lowest BCUT2D eigenvalue weighted by molar-refractivity contribution is 1.41. The van der Waals surface area contributed by atoms with Crippen LogP contribution in [0.4, 0.5) is 0 Å². The zero-order chi connectivity index (χ0) is 17.2. The maximum absolute atomic E-state index is 13.2. The molecule has 2 nitrogen and oxygen atoms in total. The van der Waals surface area contributed by atoms with E-state index in [2.05, 4.69) is 4.98 Å². The number of aromatic nitrogens is 1. The predicted molar refractivity (Wildman–Crippen MR) is 106 cm³/mol. The molecule has 0 bridgehead atoms. The normalized spacial score (nSPS) is 11.4. The summed E-state index contributed by atoms with van der Waals surface area (Å²) in [6, 6.07) is 21.8. The van der Waals surface area contributed by atoms with Crippen LogP contribution in [0.1, 0.15) is 12.5 Å². The first-order valence-electron chi connectivity index (χ1n) is 8.31. The molecule has 4 aromatic rings. The van der Waals surface area contributed by atoms with E-state index in [1.165, 1.54) is 0 Å². The Balaban J connectivity index is 2.05. The van der Waals surface area contributed by atoms with Gasteiger partial charge in [0.15, 0.2) is 5.43 Å².